The number of nitrogens with zero attached hydrogens (tertiary/aromatic N) is 4. The van der Waals surface area contributed by atoms with Gasteiger partial charge in [-0.1, -0.05) is 30.3 Å². The van der Waals surface area contributed by atoms with Crippen LogP contribution in [0.5, 0.6) is 0 Å². The molecule has 4 rings (SSSR count). The third-order valence-corrected chi connectivity index (χ3v) is 6.54. The molecule has 0 unspecified atom stereocenters. The minimum Gasteiger partial charge on any atom is -0.342 e. The van der Waals surface area contributed by atoms with Crippen LogP contribution < -0.4 is 0 Å². The van der Waals surface area contributed by atoms with E-state index in [2.05, 4.69) is 33.8 Å². The van der Waals surface area contributed by atoms with E-state index in [1.54, 1.807) is 0 Å². The molecule has 2 saturated heterocycles. The Balaban J connectivity index is 1.23. The highest BCUT2D eigenvalue weighted by molar-refractivity contribution is 5.84. The van der Waals surface area contributed by atoms with Gasteiger partial charge in [0.1, 0.15) is 0 Å². The second kappa shape index (κ2) is 9.92. The lowest BCUT2D eigenvalue weighted by atomic mass is 9.92. The molecule has 160 valence electrons. The average molecular weight is 409 g/mol. The quantitative estimate of drug-likeness (QED) is 0.708. The van der Waals surface area contributed by atoms with Crippen molar-refractivity contribution >= 4 is 11.8 Å². The zero-order chi connectivity index (χ0) is 20.8. The maximum atomic E-state index is 13.1. The van der Waals surface area contributed by atoms with E-state index in [1.807, 2.05) is 34.6 Å². The summed E-state index contributed by atoms with van der Waals surface area (Å²) in [6.07, 6.45) is 10.9. The Morgan fingerprint density at radius 3 is 2.63 bits per heavy atom. The highest BCUT2D eigenvalue weighted by Crippen LogP contribution is 2.25. The predicted octanol–water partition coefficient (Wildman–Crippen LogP) is 2.99. The number of piperidine rings is 2. The van der Waals surface area contributed by atoms with Crippen molar-refractivity contribution < 1.29 is 9.59 Å². The predicted molar refractivity (Wildman–Crippen MR) is 116 cm³/mol. The molecule has 2 amide bonds. The normalized spacial score (nSPS) is 20.5. The van der Waals surface area contributed by atoms with Crippen molar-refractivity contribution in [2.24, 2.45) is 11.8 Å². The van der Waals surface area contributed by atoms with Crippen molar-refractivity contribution in [1.29, 1.82) is 0 Å². The fourth-order valence-electron chi connectivity index (χ4n) is 4.74. The van der Waals surface area contributed by atoms with Crippen molar-refractivity contribution in [2.75, 3.05) is 26.2 Å². The van der Waals surface area contributed by atoms with E-state index in [0.29, 0.717) is 25.3 Å². The van der Waals surface area contributed by atoms with Crippen LogP contribution in [0.25, 0.3) is 0 Å². The molecule has 1 atom stereocenters. The van der Waals surface area contributed by atoms with E-state index >= 15 is 0 Å². The van der Waals surface area contributed by atoms with Gasteiger partial charge >= 0.3 is 0 Å². The summed E-state index contributed by atoms with van der Waals surface area (Å²) in [5.74, 6) is 1.01. The Bertz CT molecular complexity index is 813. The second-order valence-corrected chi connectivity index (χ2v) is 8.69. The molecular weight excluding hydrogens is 376 g/mol. The lowest BCUT2D eigenvalue weighted by Gasteiger charge is -2.38. The minimum absolute atomic E-state index is 0.0374. The van der Waals surface area contributed by atoms with Crippen LogP contribution in [0.2, 0.25) is 0 Å². The summed E-state index contributed by atoms with van der Waals surface area (Å²) in [6, 6.07) is 10.4. The van der Waals surface area contributed by atoms with E-state index in [0.717, 1.165) is 51.9 Å². The topological polar surface area (TPSA) is 58.4 Å². The van der Waals surface area contributed by atoms with Gasteiger partial charge in [0.2, 0.25) is 11.8 Å². The number of likely N-dealkylation sites (tertiary alicyclic amines) is 2. The molecule has 3 heterocycles. The van der Waals surface area contributed by atoms with Gasteiger partial charge in [0.25, 0.3) is 0 Å². The lowest BCUT2D eigenvalue weighted by Crippen LogP contribution is -2.49. The molecule has 0 radical (unpaired) electrons. The van der Waals surface area contributed by atoms with Crippen molar-refractivity contribution in [2.45, 2.75) is 45.1 Å². The van der Waals surface area contributed by atoms with Gasteiger partial charge in [0.15, 0.2) is 0 Å². The molecule has 0 N–H and O–H groups in total. The number of benzene rings is 1. The molecular formula is C24H32N4O2. The van der Waals surface area contributed by atoms with E-state index < -0.39 is 0 Å². The zero-order valence-electron chi connectivity index (χ0n) is 17.7. The van der Waals surface area contributed by atoms with Crippen molar-refractivity contribution in [3.63, 3.8) is 0 Å². The molecule has 1 aromatic heterocycles. The molecule has 2 fully saturated rings. The Morgan fingerprint density at radius 1 is 1.10 bits per heavy atom. The molecule has 0 spiro atoms. The number of amides is 2. The van der Waals surface area contributed by atoms with Crippen LogP contribution >= 0.6 is 0 Å². The summed E-state index contributed by atoms with van der Waals surface area (Å²) >= 11 is 0. The molecule has 0 bridgehead atoms. The summed E-state index contributed by atoms with van der Waals surface area (Å²) in [5, 5.41) is 0. The maximum Gasteiger partial charge on any atom is 0.227 e. The van der Waals surface area contributed by atoms with Gasteiger partial charge < -0.3 is 14.4 Å². The lowest BCUT2D eigenvalue weighted by molar-refractivity contribution is -0.144. The highest BCUT2D eigenvalue weighted by Gasteiger charge is 2.34. The second-order valence-electron chi connectivity index (χ2n) is 8.69. The SMILES string of the molecule is O=C1CC[C@H](C(=O)N2CCC(Cn3ccnc3)CC2)CN1CCCc1ccccc1. The third kappa shape index (κ3) is 5.29. The summed E-state index contributed by atoms with van der Waals surface area (Å²) in [5.41, 5.74) is 1.30. The number of carbonyl (C=O) groups excluding carboxylic acids is 2. The number of imidazole rings is 1. The van der Waals surface area contributed by atoms with Crippen molar-refractivity contribution in [1.82, 2.24) is 19.4 Å². The Kier molecular flexibility index (Phi) is 6.82. The van der Waals surface area contributed by atoms with E-state index in [4.69, 9.17) is 0 Å². The molecule has 0 aliphatic carbocycles. The average Bonchev–Trinajstić information content (AvgIpc) is 3.29. The van der Waals surface area contributed by atoms with Gasteiger partial charge in [0.05, 0.1) is 12.2 Å². The van der Waals surface area contributed by atoms with E-state index in [1.165, 1.54) is 5.56 Å². The van der Waals surface area contributed by atoms with Crippen LogP contribution in [0, 0.1) is 11.8 Å². The first kappa shape index (κ1) is 20.6. The largest absolute Gasteiger partial charge is 0.342 e. The van der Waals surface area contributed by atoms with Gasteiger partial charge in [-0.25, -0.2) is 4.98 Å². The van der Waals surface area contributed by atoms with Crippen molar-refractivity contribution in [3.05, 3.63) is 54.6 Å². The number of carbonyl (C=O) groups is 2. The number of rotatable bonds is 7. The summed E-state index contributed by atoms with van der Waals surface area (Å²) in [4.78, 5) is 33.5. The molecule has 6 heteroatoms. The van der Waals surface area contributed by atoms with Gasteiger partial charge in [-0.05, 0) is 43.6 Å². The van der Waals surface area contributed by atoms with E-state index in [9.17, 15) is 9.59 Å². The van der Waals surface area contributed by atoms with Crippen LogP contribution in [-0.2, 0) is 22.6 Å². The Hall–Kier alpha value is -2.63. The molecule has 2 aliphatic heterocycles. The summed E-state index contributed by atoms with van der Waals surface area (Å²) < 4.78 is 2.13. The van der Waals surface area contributed by atoms with Crippen LogP contribution in [-0.4, -0.2) is 57.3 Å². The van der Waals surface area contributed by atoms with Crippen molar-refractivity contribution in [3.8, 4) is 0 Å². The third-order valence-electron chi connectivity index (χ3n) is 6.54. The summed E-state index contributed by atoms with van der Waals surface area (Å²) in [6.45, 7) is 3.97. The van der Waals surface area contributed by atoms with Gasteiger partial charge in [-0.3, -0.25) is 9.59 Å². The van der Waals surface area contributed by atoms with E-state index in [-0.39, 0.29) is 17.7 Å². The molecule has 2 aromatic rings. The number of aryl methyl sites for hydroxylation is 1. The monoisotopic (exact) mass is 408 g/mol. The first-order valence-corrected chi connectivity index (χ1v) is 11.3. The van der Waals surface area contributed by atoms with Gasteiger partial charge in [-0.2, -0.15) is 0 Å². The number of aromatic nitrogens is 2. The first-order valence-electron chi connectivity index (χ1n) is 11.3. The molecule has 6 nitrogen and oxygen atoms in total. The molecule has 0 saturated carbocycles. The Labute approximate surface area is 178 Å². The Morgan fingerprint density at radius 2 is 1.90 bits per heavy atom. The van der Waals surface area contributed by atoms with Crippen LogP contribution in [0.1, 0.15) is 37.7 Å². The fraction of sp³-hybridized carbons (Fsp3) is 0.542. The zero-order valence-corrected chi connectivity index (χ0v) is 17.7. The standard InChI is InChI=1S/C24H32N4O2/c29-23-9-8-22(18-28(23)13-4-7-20-5-2-1-3-6-20)24(30)27-14-10-21(11-15-27)17-26-16-12-25-19-26/h1-3,5-6,12,16,19,21-22H,4,7-11,13-15,17-18H2/t22-/m0/s1. The minimum atomic E-state index is -0.0374. The molecule has 1 aromatic carbocycles. The molecule has 30 heavy (non-hydrogen) atoms. The number of hydrogen-bond donors (Lipinski definition) is 0. The highest BCUT2D eigenvalue weighted by atomic mass is 16.2. The summed E-state index contributed by atoms with van der Waals surface area (Å²) in [7, 11) is 0. The van der Waals surface area contributed by atoms with Crippen LogP contribution in [0.15, 0.2) is 49.1 Å². The number of hydrogen-bond acceptors (Lipinski definition) is 3. The van der Waals surface area contributed by atoms with Gasteiger partial charge in [0, 0.05) is 51.5 Å². The van der Waals surface area contributed by atoms with Crippen LogP contribution in [0.3, 0.4) is 0 Å². The first-order chi connectivity index (χ1) is 14.7. The smallest absolute Gasteiger partial charge is 0.227 e. The van der Waals surface area contributed by atoms with Gasteiger partial charge in [-0.15, -0.1) is 0 Å². The fourth-order valence-corrected chi connectivity index (χ4v) is 4.74. The van der Waals surface area contributed by atoms with Crippen LogP contribution in [0.4, 0.5) is 0 Å². The molecule has 2 aliphatic rings. The maximum absolute atomic E-state index is 13.1.